The average molecular weight is 260 g/mol. The first kappa shape index (κ1) is 13.2. The van der Waals surface area contributed by atoms with E-state index in [1.807, 2.05) is 6.92 Å². The largest absolute Gasteiger partial charge is 0.340 e. The van der Waals surface area contributed by atoms with Gasteiger partial charge in [-0.05, 0) is 26.0 Å². The normalized spacial score (nSPS) is 12.2. The Morgan fingerprint density at radius 1 is 1.53 bits per heavy atom. The molecule has 6 nitrogen and oxygen atoms in total. The first-order valence-corrected chi connectivity index (χ1v) is 6.16. The van der Waals surface area contributed by atoms with Crippen molar-refractivity contribution < 1.29 is 9.32 Å². The third-order valence-corrected chi connectivity index (χ3v) is 2.77. The maximum absolute atomic E-state index is 12.1. The number of nitrogens with zero attached hydrogens (tertiary/aromatic N) is 3. The zero-order chi connectivity index (χ0) is 13.8. The Hall–Kier alpha value is -2.24. The molecule has 1 N–H and O–H groups in total. The molecule has 19 heavy (non-hydrogen) atoms. The fraction of sp³-hybridized carbons (Fsp3) is 0.385. The standard InChI is InChI=1S/C13H16N4O2/c1-4-11-16-13(19-17-11)9(3)15-12(18)10-6-5-7-14-8(10)2/h5-7,9H,4H2,1-3H3,(H,15,18)/t9-/m1/s1. The lowest BCUT2D eigenvalue weighted by Crippen LogP contribution is -2.27. The Labute approximate surface area is 111 Å². The molecule has 1 atom stereocenters. The van der Waals surface area contributed by atoms with Crippen molar-refractivity contribution in [2.45, 2.75) is 33.2 Å². The number of hydrogen-bond acceptors (Lipinski definition) is 5. The summed E-state index contributed by atoms with van der Waals surface area (Å²) < 4.78 is 5.09. The highest BCUT2D eigenvalue weighted by Gasteiger charge is 2.18. The molecule has 2 aromatic heterocycles. The van der Waals surface area contributed by atoms with E-state index in [-0.39, 0.29) is 11.9 Å². The highest BCUT2D eigenvalue weighted by Crippen LogP contribution is 2.12. The number of pyridine rings is 1. The van der Waals surface area contributed by atoms with Crippen LogP contribution in [0.15, 0.2) is 22.9 Å². The van der Waals surface area contributed by atoms with Gasteiger partial charge in [0.2, 0.25) is 5.89 Å². The van der Waals surface area contributed by atoms with E-state index in [1.165, 1.54) is 0 Å². The smallest absolute Gasteiger partial charge is 0.253 e. The molecule has 0 bridgehead atoms. The predicted molar refractivity (Wildman–Crippen MR) is 68.5 cm³/mol. The Morgan fingerprint density at radius 3 is 2.95 bits per heavy atom. The molecular formula is C13H16N4O2. The number of aromatic nitrogens is 3. The van der Waals surface area contributed by atoms with Gasteiger partial charge in [0.1, 0.15) is 6.04 Å². The van der Waals surface area contributed by atoms with Crippen molar-refractivity contribution in [1.82, 2.24) is 20.4 Å². The van der Waals surface area contributed by atoms with Crippen LogP contribution in [0, 0.1) is 6.92 Å². The molecule has 0 aliphatic rings. The molecule has 0 unspecified atom stereocenters. The first-order valence-electron chi connectivity index (χ1n) is 6.16. The quantitative estimate of drug-likeness (QED) is 0.907. The highest BCUT2D eigenvalue weighted by molar-refractivity contribution is 5.95. The third kappa shape index (κ3) is 2.96. The van der Waals surface area contributed by atoms with Crippen molar-refractivity contribution in [2.75, 3.05) is 0 Å². The predicted octanol–water partition coefficient (Wildman–Crippen LogP) is 1.83. The molecular weight excluding hydrogens is 244 g/mol. The molecule has 0 aromatic carbocycles. The molecule has 0 saturated carbocycles. The van der Waals surface area contributed by atoms with Gasteiger partial charge in [-0.15, -0.1) is 0 Å². The van der Waals surface area contributed by atoms with Crippen LogP contribution in [0.25, 0.3) is 0 Å². The second-order valence-electron chi connectivity index (χ2n) is 4.23. The summed E-state index contributed by atoms with van der Waals surface area (Å²) in [6.07, 6.45) is 2.35. The van der Waals surface area contributed by atoms with Gasteiger partial charge in [0.05, 0.1) is 5.56 Å². The van der Waals surface area contributed by atoms with Crippen molar-refractivity contribution in [3.63, 3.8) is 0 Å². The summed E-state index contributed by atoms with van der Waals surface area (Å²) in [7, 11) is 0. The van der Waals surface area contributed by atoms with E-state index in [0.29, 0.717) is 29.4 Å². The first-order chi connectivity index (χ1) is 9.11. The Balaban J connectivity index is 2.08. The van der Waals surface area contributed by atoms with Gasteiger partial charge >= 0.3 is 0 Å². The molecule has 2 aromatic rings. The van der Waals surface area contributed by atoms with E-state index in [4.69, 9.17) is 4.52 Å². The minimum absolute atomic E-state index is 0.200. The number of nitrogens with one attached hydrogen (secondary N) is 1. The lowest BCUT2D eigenvalue weighted by molar-refractivity contribution is 0.0931. The van der Waals surface area contributed by atoms with E-state index in [2.05, 4.69) is 20.4 Å². The van der Waals surface area contributed by atoms with E-state index in [0.717, 1.165) is 0 Å². The molecule has 0 aliphatic carbocycles. The molecule has 0 fully saturated rings. The second-order valence-corrected chi connectivity index (χ2v) is 4.23. The number of hydrogen-bond donors (Lipinski definition) is 1. The Kier molecular flexibility index (Phi) is 3.89. The lowest BCUT2D eigenvalue weighted by Gasteiger charge is -2.10. The number of amides is 1. The molecule has 0 spiro atoms. The van der Waals surface area contributed by atoms with Gasteiger partial charge in [0.15, 0.2) is 5.82 Å². The SMILES string of the molecule is CCc1noc([C@@H](C)NC(=O)c2cccnc2C)n1. The van der Waals surface area contributed by atoms with Gasteiger partial charge in [-0.3, -0.25) is 9.78 Å². The van der Waals surface area contributed by atoms with Crippen LogP contribution in [-0.4, -0.2) is 21.0 Å². The van der Waals surface area contributed by atoms with Gasteiger partial charge in [-0.1, -0.05) is 12.1 Å². The van der Waals surface area contributed by atoms with Crippen LogP contribution in [0.3, 0.4) is 0 Å². The van der Waals surface area contributed by atoms with Gasteiger partial charge in [-0.2, -0.15) is 4.98 Å². The molecule has 0 saturated heterocycles. The van der Waals surface area contributed by atoms with Crippen molar-refractivity contribution in [2.24, 2.45) is 0 Å². The van der Waals surface area contributed by atoms with Crippen LogP contribution in [-0.2, 0) is 6.42 Å². The van der Waals surface area contributed by atoms with Crippen molar-refractivity contribution >= 4 is 5.91 Å². The van der Waals surface area contributed by atoms with Crippen molar-refractivity contribution in [3.8, 4) is 0 Å². The Morgan fingerprint density at radius 2 is 2.32 bits per heavy atom. The summed E-state index contributed by atoms with van der Waals surface area (Å²) in [6.45, 7) is 5.54. The van der Waals surface area contributed by atoms with E-state index < -0.39 is 0 Å². The minimum Gasteiger partial charge on any atom is -0.340 e. The zero-order valence-corrected chi connectivity index (χ0v) is 11.2. The molecule has 1 amide bonds. The summed E-state index contributed by atoms with van der Waals surface area (Å²) >= 11 is 0. The number of rotatable bonds is 4. The lowest BCUT2D eigenvalue weighted by atomic mass is 10.2. The van der Waals surface area contributed by atoms with Crippen LogP contribution in [0.1, 0.15) is 47.7 Å². The van der Waals surface area contributed by atoms with E-state index >= 15 is 0 Å². The summed E-state index contributed by atoms with van der Waals surface area (Å²) in [5.74, 6) is 0.842. The van der Waals surface area contributed by atoms with Gasteiger partial charge < -0.3 is 9.84 Å². The van der Waals surface area contributed by atoms with Crippen LogP contribution in [0.2, 0.25) is 0 Å². The summed E-state index contributed by atoms with van der Waals surface area (Å²) in [6, 6.07) is 3.13. The summed E-state index contributed by atoms with van der Waals surface area (Å²) in [4.78, 5) is 20.4. The fourth-order valence-corrected chi connectivity index (χ4v) is 1.65. The third-order valence-electron chi connectivity index (χ3n) is 2.77. The molecule has 6 heteroatoms. The Bertz CT molecular complexity index is 580. The summed E-state index contributed by atoms with van der Waals surface area (Å²) in [5, 5.41) is 6.62. The maximum Gasteiger partial charge on any atom is 0.253 e. The molecule has 0 aliphatic heterocycles. The van der Waals surface area contributed by atoms with E-state index in [1.54, 1.807) is 32.2 Å². The molecule has 0 radical (unpaired) electrons. The van der Waals surface area contributed by atoms with E-state index in [9.17, 15) is 4.79 Å². The fourth-order valence-electron chi connectivity index (χ4n) is 1.65. The number of aryl methyl sites for hydroxylation is 2. The molecule has 2 heterocycles. The van der Waals surface area contributed by atoms with Gasteiger partial charge in [0.25, 0.3) is 5.91 Å². The number of carbonyl (C=O) groups excluding carboxylic acids is 1. The van der Waals surface area contributed by atoms with Crippen LogP contribution in [0.4, 0.5) is 0 Å². The second kappa shape index (κ2) is 5.60. The molecule has 100 valence electrons. The zero-order valence-electron chi connectivity index (χ0n) is 11.2. The highest BCUT2D eigenvalue weighted by atomic mass is 16.5. The van der Waals surface area contributed by atoms with Gasteiger partial charge in [-0.25, -0.2) is 0 Å². The van der Waals surface area contributed by atoms with Crippen molar-refractivity contribution in [1.29, 1.82) is 0 Å². The van der Waals surface area contributed by atoms with Crippen LogP contribution in [0.5, 0.6) is 0 Å². The van der Waals surface area contributed by atoms with Crippen LogP contribution >= 0.6 is 0 Å². The molecule has 2 rings (SSSR count). The van der Waals surface area contributed by atoms with Gasteiger partial charge in [0, 0.05) is 18.3 Å². The number of carbonyl (C=O) groups is 1. The summed E-state index contributed by atoms with van der Waals surface area (Å²) in [5.41, 5.74) is 1.23. The average Bonchev–Trinajstić information content (AvgIpc) is 2.88. The minimum atomic E-state index is -0.333. The van der Waals surface area contributed by atoms with Crippen LogP contribution < -0.4 is 5.32 Å². The topological polar surface area (TPSA) is 80.9 Å². The monoisotopic (exact) mass is 260 g/mol. The maximum atomic E-state index is 12.1. The van der Waals surface area contributed by atoms with Crippen molar-refractivity contribution in [3.05, 3.63) is 41.3 Å².